The number of carbonyl (C=O) groups is 1. The van der Waals surface area contributed by atoms with Crippen LogP contribution in [-0.2, 0) is 7.05 Å². The largest absolute Gasteiger partial charge is 0.508 e. The Morgan fingerprint density at radius 2 is 2.14 bits per heavy atom. The topological polar surface area (TPSA) is 76.4 Å². The van der Waals surface area contributed by atoms with Crippen molar-refractivity contribution >= 4 is 5.91 Å². The molecule has 2 N–H and O–H groups in total. The number of nitrogens with zero attached hydrogens (tertiary/aromatic N) is 2. The fourth-order valence-electron chi connectivity index (χ4n) is 2.18. The molecule has 0 aliphatic carbocycles. The van der Waals surface area contributed by atoms with Gasteiger partial charge in [-0.3, -0.25) is 9.48 Å². The highest BCUT2D eigenvalue weighted by molar-refractivity contribution is 5.93. The third-order valence-electron chi connectivity index (χ3n) is 3.28. The second-order valence-corrected chi connectivity index (χ2v) is 4.91. The van der Waals surface area contributed by atoms with E-state index in [1.807, 2.05) is 6.92 Å². The van der Waals surface area contributed by atoms with Gasteiger partial charge in [-0.2, -0.15) is 5.10 Å². The van der Waals surface area contributed by atoms with Crippen LogP contribution < -0.4 is 10.1 Å². The summed E-state index contributed by atoms with van der Waals surface area (Å²) in [5, 5.41) is 16.9. The lowest BCUT2D eigenvalue weighted by Gasteiger charge is -2.16. The highest BCUT2D eigenvalue weighted by atomic mass is 16.5. The monoisotopic (exact) mass is 289 g/mol. The van der Waals surface area contributed by atoms with E-state index in [1.54, 1.807) is 45.3 Å². The van der Waals surface area contributed by atoms with Gasteiger partial charge < -0.3 is 15.2 Å². The number of aromatic hydroxyl groups is 1. The van der Waals surface area contributed by atoms with Gasteiger partial charge in [0, 0.05) is 12.6 Å². The van der Waals surface area contributed by atoms with Crippen molar-refractivity contribution < 1.29 is 14.6 Å². The van der Waals surface area contributed by atoms with E-state index in [4.69, 9.17) is 4.74 Å². The Balaban J connectivity index is 2.19. The number of amides is 1. The molecule has 1 amide bonds. The summed E-state index contributed by atoms with van der Waals surface area (Å²) in [6, 6.07) is 6.27. The summed E-state index contributed by atoms with van der Waals surface area (Å²) < 4.78 is 6.66. The number of phenols is 1. The summed E-state index contributed by atoms with van der Waals surface area (Å²) in [6.07, 6.45) is 0. The van der Waals surface area contributed by atoms with Crippen molar-refractivity contribution in [3.05, 3.63) is 41.2 Å². The Morgan fingerprint density at radius 3 is 2.71 bits per heavy atom. The second kappa shape index (κ2) is 5.87. The van der Waals surface area contributed by atoms with Crippen molar-refractivity contribution in [2.45, 2.75) is 19.9 Å². The van der Waals surface area contributed by atoms with E-state index in [0.717, 1.165) is 5.69 Å². The van der Waals surface area contributed by atoms with Crippen LogP contribution in [0, 0.1) is 6.92 Å². The molecule has 0 radical (unpaired) electrons. The van der Waals surface area contributed by atoms with Crippen LogP contribution >= 0.6 is 0 Å². The first-order valence-electron chi connectivity index (χ1n) is 6.60. The standard InChI is InChI=1S/C15H19N3O3/c1-9-7-13(18(3)17-9)15(20)16-10(2)12-8-11(21-4)5-6-14(12)19/h5-8,10,19H,1-4H3,(H,16,20)/t10-/m1/s1. The first kappa shape index (κ1) is 14.9. The number of rotatable bonds is 4. The van der Waals surface area contributed by atoms with Gasteiger partial charge in [0.25, 0.3) is 5.91 Å². The van der Waals surface area contributed by atoms with Gasteiger partial charge in [0.15, 0.2) is 0 Å². The lowest BCUT2D eigenvalue weighted by Crippen LogP contribution is -2.28. The summed E-state index contributed by atoms with van der Waals surface area (Å²) in [5.41, 5.74) is 1.85. The first-order valence-corrected chi connectivity index (χ1v) is 6.60. The number of hydrogen-bond donors (Lipinski definition) is 2. The summed E-state index contributed by atoms with van der Waals surface area (Å²) in [5.74, 6) is 0.498. The molecular weight excluding hydrogens is 270 g/mol. The molecule has 6 heteroatoms. The third-order valence-corrected chi connectivity index (χ3v) is 3.28. The second-order valence-electron chi connectivity index (χ2n) is 4.91. The average molecular weight is 289 g/mol. The molecule has 1 atom stereocenters. The van der Waals surface area contributed by atoms with Crippen LogP contribution in [0.15, 0.2) is 24.3 Å². The van der Waals surface area contributed by atoms with E-state index >= 15 is 0 Å². The molecule has 0 saturated heterocycles. The molecule has 0 saturated carbocycles. The van der Waals surface area contributed by atoms with Crippen molar-refractivity contribution in [3.63, 3.8) is 0 Å². The minimum Gasteiger partial charge on any atom is -0.508 e. The van der Waals surface area contributed by atoms with Crippen LogP contribution in [0.5, 0.6) is 11.5 Å². The number of phenolic OH excluding ortho intramolecular Hbond substituents is 1. The highest BCUT2D eigenvalue weighted by Gasteiger charge is 2.17. The number of hydrogen-bond acceptors (Lipinski definition) is 4. The molecule has 0 aliphatic heterocycles. The van der Waals surface area contributed by atoms with Crippen LogP contribution in [0.3, 0.4) is 0 Å². The van der Waals surface area contributed by atoms with Gasteiger partial charge in [0.2, 0.25) is 0 Å². The maximum absolute atomic E-state index is 12.2. The highest BCUT2D eigenvalue weighted by Crippen LogP contribution is 2.28. The molecule has 0 aliphatic rings. The Labute approximate surface area is 123 Å². The fourth-order valence-corrected chi connectivity index (χ4v) is 2.18. The van der Waals surface area contributed by atoms with Crippen molar-refractivity contribution in [2.24, 2.45) is 7.05 Å². The van der Waals surface area contributed by atoms with E-state index < -0.39 is 0 Å². The fraction of sp³-hybridized carbons (Fsp3) is 0.333. The van der Waals surface area contributed by atoms with Crippen LogP contribution in [-0.4, -0.2) is 27.9 Å². The molecule has 2 aromatic rings. The Hall–Kier alpha value is -2.50. The summed E-state index contributed by atoms with van der Waals surface area (Å²) in [6.45, 7) is 3.63. The van der Waals surface area contributed by atoms with Crippen molar-refractivity contribution in [3.8, 4) is 11.5 Å². The van der Waals surface area contributed by atoms with Gasteiger partial charge in [-0.1, -0.05) is 0 Å². The van der Waals surface area contributed by atoms with Gasteiger partial charge in [-0.25, -0.2) is 0 Å². The molecule has 1 aromatic carbocycles. The van der Waals surface area contributed by atoms with Gasteiger partial charge in [-0.05, 0) is 38.1 Å². The molecular formula is C15H19N3O3. The lowest BCUT2D eigenvalue weighted by molar-refractivity contribution is 0.0930. The summed E-state index contributed by atoms with van der Waals surface area (Å²) >= 11 is 0. The number of methoxy groups -OCH3 is 1. The van der Waals surface area contributed by atoms with Crippen molar-refractivity contribution in [2.75, 3.05) is 7.11 Å². The number of ether oxygens (including phenoxy) is 1. The molecule has 0 spiro atoms. The smallest absolute Gasteiger partial charge is 0.270 e. The van der Waals surface area contributed by atoms with Gasteiger partial charge >= 0.3 is 0 Å². The quantitative estimate of drug-likeness (QED) is 0.901. The van der Waals surface area contributed by atoms with E-state index in [1.165, 1.54) is 4.68 Å². The zero-order valence-corrected chi connectivity index (χ0v) is 12.5. The van der Waals surface area contributed by atoms with E-state index in [9.17, 15) is 9.90 Å². The van der Waals surface area contributed by atoms with Crippen LogP contribution in [0.2, 0.25) is 0 Å². The zero-order valence-electron chi connectivity index (χ0n) is 12.5. The predicted octanol–water partition coefficient (Wildman–Crippen LogP) is 1.93. The maximum Gasteiger partial charge on any atom is 0.270 e. The summed E-state index contributed by atoms with van der Waals surface area (Å²) in [7, 11) is 3.27. The maximum atomic E-state index is 12.2. The number of carbonyl (C=O) groups excluding carboxylic acids is 1. The molecule has 2 rings (SSSR count). The van der Waals surface area contributed by atoms with E-state index in [0.29, 0.717) is 17.0 Å². The van der Waals surface area contributed by atoms with Gasteiger partial charge in [0.05, 0.1) is 18.8 Å². The van der Waals surface area contributed by atoms with Crippen LogP contribution in [0.25, 0.3) is 0 Å². The molecule has 0 bridgehead atoms. The first-order chi connectivity index (χ1) is 9.92. The van der Waals surface area contributed by atoms with Crippen molar-refractivity contribution in [1.82, 2.24) is 15.1 Å². The predicted molar refractivity (Wildman–Crippen MR) is 78.5 cm³/mol. The molecule has 21 heavy (non-hydrogen) atoms. The number of aromatic nitrogens is 2. The van der Waals surface area contributed by atoms with Crippen molar-refractivity contribution in [1.29, 1.82) is 0 Å². The van der Waals surface area contributed by atoms with Crippen LogP contribution in [0.1, 0.15) is 34.7 Å². The van der Waals surface area contributed by atoms with Crippen LogP contribution in [0.4, 0.5) is 0 Å². The molecule has 1 aromatic heterocycles. The Morgan fingerprint density at radius 1 is 1.43 bits per heavy atom. The SMILES string of the molecule is COc1ccc(O)c([C@@H](C)NC(=O)c2cc(C)nn2C)c1. The third kappa shape index (κ3) is 3.16. The number of nitrogens with one attached hydrogen (secondary N) is 1. The molecule has 1 heterocycles. The normalized spacial score (nSPS) is 12.0. The zero-order chi connectivity index (χ0) is 15.6. The minimum absolute atomic E-state index is 0.116. The molecule has 0 fully saturated rings. The lowest BCUT2D eigenvalue weighted by atomic mass is 10.1. The number of aryl methyl sites for hydroxylation is 2. The van der Waals surface area contributed by atoms with E-state index in [2.05, 4.69) is 10.4 Å². The molecule has 6 nitrogen and oxygen atoms in total. The Bertz CT molecular complexity index is 664. The number of benzene rings is 1. The van der Waals surface area contributed by atoms with E-state index in [-0.39, 0.29) is 17.7 Å². The Kier molecular flexibility index (Phi) is 4.16. The minimum atomic E-state index is -0.359. The molecule has 112 valence electrons. The summed E-state index contributed by atoms with van der Waals surface area (Å²) in [4.78, 5) is 12.2. The molecule has 0 unspecified atom stereocenters. The average Bonchev–Trinajstić information content (AvgIpc) is 2.78. The van der Waals surface area contributed by atoms with Gasteiger partial charge in [0.1, 0.15) is 17.2 Å². The van der Waals surface area contributed by atoms with Gasteiger partial charge in [-0.15, -0.1) is 0 Å².